The average Bonchev–Trinajstić information content (AvgIpc) is 3.19. The molecule has 0 saturated carbocycles. The zero-order valence-electron chi connectivity index (χ0n) is 13.6. The van der Waals surface area contributed by atoms with Crippen LogP contribution in [0, 0.1) is 0 Å². The molecular formula is C16H22N6O. The highest BCUT2D eigenvalue weighted by molar-refractivity contribution is 5.72. The number of nitrogens with zero attached hydrogens (tertiary/aromatic N) is 5. The number of amides is 1. The molecule has 122 valence electrons. The minimum absolute atomic E-state index is 0.0268. The quantitative estimate of drug-likeness (QED) is 0.905. The van der Waals surface area contributed by atoms with Crippen LogP contribution in [0.25, 0.3) is 0 Å². The first kappa shape index (κ1) is 15.6. The number of imidazole rings is 1. The number of carbonyl (C=O) groups is 1. The maximum Gasteiger partial charge on any atom is 0.219 e. The third kappa shape index (κ3) is 3.73. The van der Waals surface area contributed by atoms with Crippen molar-refractivity contribution in [1.29, 1.82) is 0 Å². The van der Waals surface area contributed by atoms with Crippen LogP contribution >= 0.6 is 0 Å². The Morgan fingerprint density at radius 3 is 3.00 bits per heavy atom. The number of nitrogens with one attached hydrogen (secondary N) is 1. The summed E-state index contributed by atoms with van der Waals surface area (Å²) < 4.78 is 0. The van der Waals surface area contributed by atoms with Crippen LogP contribution in [-0.4, -0.2) is 49.2 Å². The predicted molar refractivity (Wildman–Crippen MR) is 85.2 cm³/mol. The topological polar surface area (TPSA) is 78.0 Å². The van der Waals surface area contributed by atoms with Crippen LogP contribution in [0.4, 0.5) is 0 Å². The van der Waals surface area contributed by atoms with Gasteiger partial charge in [0.05, 0.1) is 42.7 Å². The molecule has 1 atom stereocenters. The van der Waals surface area contributed by atoms with Crippen molar-refractivity contribution in [3.63, 3.8) is 0 Å². The van der Waals surface area contributed by atoms with E-state index in [9.17, 15) is 4.79 Å². The molecule has 1 aliphatic heterocycles. The van der Waals surface area contributed by atoms with Gasteiger partial charge in [-0.3, -0.25) is 19.7 Å². The monoisotopic (exact) mass is 314 g/mol. The molecule has 2 aromatic heterocycles. The van der Waals surface area contributed by atoms with Crippen LogP contribution in [0.3, 0.4) is 0 Å². The molecule has 1 unspecified atom stereocenters. The highest BCUT2D eigenvalue weighted by Crippen LogP contribution is 2.31. The Balaban J connectivity index is 1.73. The van der Waals surface area contributed by atoms with E-state index in [2.05, 4.69) is 19.9 Å². The molecule has 7 nitrogen and oxygen atoms in total. The summed E-state index contributed by atoms with van der Waals surface area (Å²) in [6, 6.07) is 0.272. The highest BCUT2D eigenvalue weighted by Gasteiger charge is 2.27. The largest absolute Gasteiger partial charge is 0.347 e. The van der Waals surface area contributed by atoms with Gasteiger partial charge in [-0.15, -0.1) is 0 Å². The van der Waals surface area contributed by atoms with E-state index < -0.39 is 0 Å². The lowest BCUT2D eigenvalue weighted by Crippen LogP contribution is -2.26. The Labute approximate surface area is 135 Å². The Bertz CT molecular complexity index is 656. The van der Waals surface area contributed by atoms with E-state index in [1.165, 1.54) is 0 Å². The summed E-state index contributed by atoms with van der Waals surface area (Å²) in [5, 5.41) is 0. The normalized spacial score (nSPS) is 18.3. The first-order chi connectivity index (χ1) is 11.1. The lowest BCUT2D eigenvalue weighted by molar-refractivity contribution is -0.128. The number of aromatic nitrogens is 4. The van der Waals surface area contributed by atoms with Gasteiger partial charge in [-0.05, 0) is 19.4 Å². The van der Waals surface area contributed by atoms with E-state index in [0.717, 1.165) is 43.0 Å². The second-order valence-corrected chi connectivity index (χ2v) is 6.02. The Morgan fingerprint density at radius 2 is 2.26 bits per heavy atom. The van der Waals surface area contributed by atoms with Crippen molar-refractivity contribution in [3.8, 4) is 0 Å². The summed E-state index contributed by atoms with van der Waals surface area (Å²) in [4.78, 5) is 31.7. The van der Waals surface area contributed by atoms with E-state index in [4.69, 9.17) is 4.98 Å². The van der Waals surface area contributed by atoms with E-state index in [1.54, 1.807) is 31.4 Å². The van der Waals surface area contributed by atoms with Crippen LogP contribution in [0.15, 0.2) is 24.9 Å². The molecule has 1 aliphatic rings. The number of aromatic amines is 1. The molecule has 0 radical (unpaired) electrons. The minimum Gasteiger partial charge on any atom is -0.347 e. The second kappa shape index (κ2) is 6.87. The van der Waals surface area contributed by atoms with Crippen molar-refractivity contribution in [3.05, 3.63) is 42.0 Å². The summed E-state index contributed by atoms with van der Waals surface area (Å²) >= 11 is 0. The van der Waals surface area contributed by atoms with Crippen LogP contribution in [-0.2, 0) is 17.9 Å². The first-order valence-corrected chi connectivity index (χ1v) is 7.87. The standard InChI is InChI=1S/C16H22N6O/c1-12(23)21(2)9-14-7-17-8-15(20-14)16-4-3-5-22(16)10-13-6-18-11-19-13/h6-8,11,16H,3-5,9-10H2,1-2H3,(H,18,19). The number of likely N-dealkylation sites (tertiary alicyclic amines) is 1. The first-order valence-electron chi connectivity index (χ1n) is 7.87. The zero-order valence-corrected chi connectivity index (χ0v) is 13.6. The third-order valence-corrected chi connectivity index (χ3v) is 4.27. The van der Waals surface area contributed by atoms with E-state index in [-0.39, 0.29) is 11.9 Å². The highest BCUT2D eigenvalue weighted by atomic mass is 16.2. The van der Waals surface area contributed by atoms with E-state index >= 15 is 0 Å². The van der Waals surface area contributed by atoms with Gasteiger partial charge in [0.15, 0.2) is 0 Å². The minimum atomic E-state index is 0.0268. The molecule has 0 aromatic carbocycles. The molecule has 1 saturated heterocycles. The summed E-state index contributed by atoms with van der Waals surface area (Å²) in [6.45, 7) is 3.93. The molecule has 23 heavy (non-hydrogen) atoms. The molecular weight excluding hydrogens is 292 g/mol. The predicted octanol–water partition coefficient (Wildman–Crippen LogP) is 1.52. The van der Waals surface area contributed by atoms with Crippen molar-refractivity contribution >= 4 is 5.91 Å². The molecule has 3 heterocycles. The van der Waals surface area contributed by atoms with Gasteiger partial charge >= 0.3 is 0 Å². The number of hydrogen-bond donors (Lipinski definition) is 1. The van der Waals surface area contributed by atoms with Crippen LogP contribution in [0.2, 0.25) is 0 Å². The molecule has 1 amide bonds. The van der Waals surface area contributed by atoms with Gasteiger partial charge in [-0.25, -0.2) is 4.98 Å². The lowest BCUT2D eigenvalue weighted by atomic mass is 10.1. The number of rotatable bonds is 5. The van der Waals surface area contributed by atoms with Gasteiger partial charge in [0.2, 0.25) is 5.91 Å². The van der Waals surface area contributed by atoms with Gasteiger partial charge in [0.1, 0.15) is 0 Å². The number of hydrogen-bond acceptors (Lipinski definition) is 5. The summed E-state index contributed by atoms with van der Waals surface area (Å²) in [5.74, 6) is 0.0268. The molecule has 1 N–H and O–H groups in total. The summed E-state index contributed by atoms with van der Waals surface area (Å²) in [5.41, 5.74) is 2.92. The lowest BCUT2D eigenvalue weighted by Gasteiger charge is -2.23. The maximum atomic E-state index is 11.4. The fourth-order valence-corrected chi connectivity index (χ4v) is 2.95. The maximum absolute atomic E-state index is 11.4. The van der Waals surface area contributed by atoms with Gasteiger partial charge in [0.25, 0.3) is 0 Å². The van der Waals surface area contributed by atoms with Crippen molar-refractivity contribution in [2.75, 3.05) is 13.6 Å². The van der Waals surface area contributed by atoms with Crippen LogP contribution in [0.5, 0.6) is 0 Å². The Hall–Kier alpha value is -2.28. The Morgan fingerprint density at radius 1 is 1.39 bits per heavy atom. The number of carbonyl (C=O) groups excluding carboxylic acids is 1. The van der Waals surface area contributed by atoms with Crippen LogP contribution < -0.4 is 0 Å². The van der Waals surface area contributed by atoms with Crippen molar-refractivity contribution in [1.82, 2.24) is 29.7 Å². The molecule has 0 spiro atoms. The third-order valence-electron chi connectivity index (χ3n) is 4.27. The number of H-pyrrole nitrogens is 1. The van der Waals surface area contributed by atoms with Gasteiger partial charge in [0, 0.05) is 32.4 Å². The molecule has 2 aromatic rings. The summed E-state index contributed by atoms with van der Waals surface area (Å²) in [6.07, 6.45) is 9.37. The molecule has 3 rings (SSSR count). The van der Waals surface area contributed by atoms with Crippen molar-refractivity contribution in [2.24, 2.45) is 0 Å². The fraction of sp³-hybridized carbons (Fsp3) is 0.500. The SMILES string of the molecule is CC(=O)N(C)Cc1cncc(C2CCCN2Cc2cnc[nH]2)n1. The zero-order chi connectivity index (χ0) is 16.2. The Kier molecular flexibility index (Phi) is 4.66. The summed E-state index contributed by atoms with van der Waals surface area (Å²) in [7, 11) is 1.77. The molecule has 1 fully saturated rings. The van der Waals surface area contributed by atoms with Gasteiger partial charge in [-0.1, -0.05) is 0 Å². The fourth-order valence-electron chi connectivity index (χ4n) is 2.95. The van der Waals surface area contributed by atoms with Crippen LogP contribution in [0.1, 0.15) is 42.9 Å². The van der Waals surface area contributed by atoms with Crippen molar-refractivity contribution < 1.29 is 4.79 Å². The smallest absolute Gasteiger partial charge is 0.219 e. The van der Waals surface area contributed by atoms with Crippen molar-refractivity contribution in [2.45, 2.75) is 38.9 Å². The van der Waals surface area contributed by atoms with E-state index in [1.807, 2.05) is 12.4 Å². The van der Waals surface area contributed by atoms with E-state index in [0.29, 0.717) is 6.54 Å². The molecule has 0 aliphatic carbocycles. The second-order valence-electron chi connectivity index (χ2n) is 6.02. The molecule has 0 bridgehead atoms. The van der Waals surface area contributed by atoms with Gasteiger partial charge in [-0.2, -0.15) is 0 Å². The van der Waals surface area contributed by atoms with Gasteiger partial charge < -0.3 is 9.88 Å². The average molecular weight is 314 g/mol. The molecule has 7 heteroatoms.